The van der Waals surface area contributed by atoms with E-state index < -0.39 is 0 Å². The van der Waals surface area contributed by atoms with Crippen LogP contribution in [0, 0.1) is 0 Å². The molecule has 0 rings (SSSR count). The van der Waals surface area contributed by atoms with E-state index in [0.29, 0.717) is 0 Å². The molecule has 0 aliphatic heterocycles. The average Bonchev–Trinajstić information content (AvgIpc) is 1.00. The Labute approximate surface area is 87.0 Å². The van der Waals surface area contributed by atoms with Crippen molar-refractivity contribution in [2.24, 2.45) is 0 Å². The minimum Gasteiger partial charge on any atom is -0.412 e. The van der Waals surface area contributed by atoms with Crippen molar-refractivity contribution in [3.05, 3.63) is 0 Å². The van der Waals surface area contributed by atoms with Crippen LogP contribution in [0.4, 0.5) is 0 Å². The molecule has 0 saturated carbocycles. The van der Waals surface area contributed by atoms with Gasteiger partial charge < -0.3 is 38.0 Å². The maximum atomic E-state index is 7.00. The van der Waals surface area contributed by atoms with E-state index in [1.807, 2.05) is 0 Å². The molecular formula is CH18Cl2CoO7. The molecule has 11 heavy (non-hydrogen) atoms. The van der Waals surface area contributed by atoms with Crippen LogP contribution >= 0.6 is 24.8 Å². The first-order valence-corrected chi connectivity index (χ1v) is 0.447. The first-order valence-electron chi connectivity index (χ1n) is 0.447. The van der Waals surface area contributed by atoms with E-state index in [9.17, 15) is 0 Å². The van der Waals surface area contributed by atoms with E-state index in [0.717, 1.165) is 7.11 Å². The van der Waals surface area contributed by atoms with Crippen molar-refractivity contribution in [3.63, 3.8) is 0 Å². The van der Waals surface area contributed by atoms with Gasteiger partial charge in [-0.25, -0.2) is 0 Å². The molecule has 7 nitrogen and oxygen atoms in total. The van der Waals surface area contributed by atoms with Crippen molar-refractivity contribution in [2.45, 2.75) is 0 Å². The minimum absolute atomic E-state index is 0. The van der Waals surface area contributed by atoms with Crippen molar-refractivity contribution in [1.29, 1.82) is 0 Å². The first-order chi connectivity index (χ1) is 1.00. The summed E-state index contributed by atoms with van der Waals surface area (Å²) in [7, 11) is 1.00. The van der Waals surface area contributed by atoms with Crippen molar-refractivity contribution >= 4 is 24.8 Å². The van der Waals surface area contributed by atoms with Crippen LogP contribution in [-0.2, 0) is 16.8 Å². The summed E-state index contributed by atoms with van der Waals surface area (Å²) in [6.07, 6.45) is 0. The summed E-state index contributed by atoms with van der Waals surface area (Å²) in [5, 5.41) is 7.00. The smallest absolute Gasteiger partial charge is 0.0319 e. The molecule has 0 bridgehead atoms. The Balaban J connectivity index is -0.000000000139. The number of aliphatic hydroxyl groups is 1. The molecule has 0 unspecified atom stereocenters. The van der Waals surface area contributed by atoms with Crippen LogP contribution in [0.15, 0.2) is 0 Å². The van der Waals surface area contributed by atoms with Gasteiger partial charge in [0.05, 0.1) is 0 Å². The molecule has 0 fully saturated rings. The van der Waals surface area contributed by atoms with Gasteiger partial charge in [-0.05, 0) is 0 Å². The van der Waals surface area contributed by atoms with E-state index in [1.54, 1.807) is 0 Å². The number of hydrogen-bond acceptors (Lipinski definition) is 1. The Kier molecular flexibility index (Phi) is 61400. The molecule has 1 radical (unpaired) electrons. The number of rotatable bonds is 0. The van der Waals surface area contributed by atoms with E-state index in [2.05, 4.69) is 0 Å². The Morgan fingerprint density at radius 2 is 0.545 bits per heavy atom. The normalized spacial score (nSPS) is 0.545. The van der Waals surface area contributed by atoms with Crippen LogP contribution in [0.2, 0.25) is 0 Å². The van der Waals surface area contributed by atoms with Crippen LogP contribution < -0.4 is 0 Å². The fraction of sp³-hybridized carbons (Fsp3) is 1.00. The molecule has 0 amide bonds. The first kappa shape index (κ1) is 422. The molecule has 0 atom stereocenters. The van der Waals surface area contributed by atoms with Crippen molar-refractivity contribution in [1.82, 2.24) is 0 Å². The second kappa shape index (κ2) is 1600. The summed E-state index contributed by atoms with van der Waals surface area (Å²) in [4.78, 5) is 0. The minimum atomic E-state index is 0. The fourth-order valence-corrected chi connectivity index (χ4v) is 0. The average molecular weight is 272 g/mol. The molecule has 13 N–H and O–H groups in total. The predicted molar refractivity (Wildman–Crippen MR) is 44.3 cm³/mol. The zero-order valence-corrected chi connectivity index (χ0v) is 8.27. The molecule has 0 aromatic carbocycles. The third-order valence-corrected chi connectivity index (χ3v) is 0. The van der Waals surface area contributed by atoms with Gasteiger partial charge in [-0.3, -0.25) is 0 Å². The molecule has 87 valence electrons. The second-order valence-corrected chi connectivity index (χ2v) is 0. The summed E-state index contributed by atoms with van der Waals surface area (Å²) >= 11 is 0. The van der Waals surface area contributed by atoms with Crippen LogP contribution in [0.1, 0.15) is 0 Å². The van der Waals surface area contributed by atoms with Gasteiger partial charge in [0.25, 0.3) is 0 Å². The van der Waals surface area contributed by atoms with Gasteiger partial charge in [-0.1, -0.05) is 0 Å². The van der Waals surface area contributed by atoms with Gasteiger partial charge in [-0.15, -0.1) is 24.8 Å². The Hall–Kier alpha value is 0.806. The molecule has 0 aliphatic rings. The maximum absolute atomic E-state index is 7.00. The van der Waals surface area contributed by atoms with Crippen molar-refractivity contribution in [2.75, 3.05) is 7.11 Å². The Morgan fingerprint density at radius 3 is 0.545 bits per heavy atom. The van der Waals surface area contributed by atoms with Crippen LogP contribution in [0.3, 0.4) is 0 Å². The van der Waals surface area contributed by atoms with E-state index in [1.165, 1.54) is 0 Å². The molecule has 0 saturated heterocycles. The Morgan fingerprint density at radius 1 is 0.545 bits per heavy atom. The van der Waals surface area contributed by atoms with Gasteiger partial charge in [0, 0.05) is 23.9 Å². The zero-order valence-electron chi connectivity index (χ0n) is 5.60. The summed E-state index contributed by atoms with van der Waals surface area (Å²) < 4.78 is 0. The number of aliphatic hydroxyl groups excluding tert-OH is 1. The third kappa shape index (κ3) is 1290. The largest absolute Gasteiger partial charge is 0.412 e. The summed E-state index contributed by atoms with van der Waals surface area (Å²) in [6, 6.07) is 0. The molecule has 10 heteroatoms. The van der Waals surface area contributed by atoms with E-state index >= 15 is 0 Å². The van der Waals surface area contributed by atoms with Crippen LogP contribution in [-0.4, -0.2) is 45.1 Å². The topological polar surface area (TPSA) is 209 Å². The van der Waals surface area contributed by atoms with E-state index in [4.69, 9.17) is 5.11 Å². The Bertz CT molecular complexity index is 16.4. The van der Waals surface area contributed by atoms with Gasteiger partial charge in [0.1, 0.15) is 0 Å². The maximum Gasteiger partial charge on any atom is 0.0319 e. The van der Waals surface area contributed by atoms with E-state index in [-0.39, 0.29) is 74.5 Å². The summed E-state index contributed by atoms with van der Waals surface area (Å²) in [5.74, 6) is 0. The number of halogens is 2. The molecular weight excluding hydrogens is 254 g/mol. The summed E-state index contributed by atoms with van der Waals surface area (Å²) in [6.45, 7) is 0. The van der Waals surface area contributed by atoms with Gasteiger partial charge >= 0.3 is 0 Å². The SMILES string of the molecule is CO.Cl.Cl.O.O.O.O.O.O.[Co]. The van der Waals surface area contributed by atoms with Crippen molar-refractivity contribution in [3.8, 4) is 0 Å². The standard InChI is InChI=1S/CH4O.2ClH.Co.6H2O/c1-2;;;;;;;;;/h2H,1H3;2*1H;;6*1H2. The van der Waals surface area contributed by atoms with Crippen molar-refractivity contribution < 1.29 is 54.7 Å². The molecule has 0 aromatic heterocycles. The molecule has 0 aromatic rings. The third-order valence-electron chi connectivity index (χ3n) is 0. The second-order valence-electron chi connectivity index (χ2n) is 0. The monoisotopic (exact) mass is 271 g/mol. The zero-order chi connectivity index (χ0) is 2.00. The molecule has 0 spiro atoms. The van der Waals surface area contributed by atoms with Gasteiger partial charge in [0.15, 0.2) is 0 Å². The fourth-order valence-electron chi connectivity index (χ4n) is 0. The molecule has 0 aliphatic carbocycles. The van der Waals surface area contributed by atoms with Crippen LogP contribution in [0.5, 0.6) is 0 Å². The molecule has 0 heterocycles. The van der Waals surface area contributed by atoms with Gasteiger partial charge in [-0.2, -0.15) is 0 Å². The summed E-state index contributed by atoms with van der Waals surface area (Å²) in [5.41, 5.74) is 0. The van der Waals surface area contributed by atoms with Crippen LogP contribution in [0.25, 0.3) is 0 Å². The quantitative estimate of drug-likeness (QED) is 0.453. The predicted octanol–water partition coefficient (Wildman–Crippen LogP) is -4.50. The van der Waals surface area contributed by atoms with Gasteiger partial charge in [0.2, 0.25) is 0 Å². The number of hydrogen-bond donors (Lipinski definition) is 1.